The molecule has 3 N–H and O–H groups in total. The van der Waals surface area contributed by atoms with Crippen LogP contribution < -0.4 is 20.9 Å². The number of carbonyl (C=O) groups excluding carboxylic acids is 2. The van der Waals surface area contributed by atoms with Crippen LogP contribution in [0.5, 0.6) is 11.5 Å². The topological polar surface area (TPSA) is 123 Å². The molecule has 3 heterocycles. The average molecular weight is 440 g/mol. The van der Waals surface area contributed by atoms with Crippen LogP contribution in [0.15, 0.2) is 35.3 Å². The molecular formula is C22H21FN4O5. The fraction of sp³-hybridized carbons (Fsp3) is 0.273. The van der Waals surface area contributed by atoms with Crippen molar-refractivity contribution in [3.05, 3.63) is 63.3 Å². The zero-order valence-electron chi connectivity index (χ0n) is 17.4. The van der Waals surface area contributed by atoms with E-state index in [1.807, 2.05) is 0 Å². The summed E-state index contributed by atoms with van der Waals surface area (Å²) in [6, 6.07) is 5.86. The summed E-state index contributed by atoms with van der Waals surface area (Å²) in [7, 11) is 1.34. The van der Waals surface area contributed by atoms with Crippen LogP contribution in [-0.2, 0) is 17.8 Å². The summed E-state index contributed by atoms with van der Waals surface area (Å²) in [6.45, 7) is 1.97. The molecule has 1 atom stereocenters. The first-order valence-electron chi connectivity index (χ1n) is 10.0. The van der Waals surface area contributed by atoms with Crippen molar-refractivity contribution in [3.63, 3.8) is 0 Å². The maximum Gasteiger partial charge on any atom is 0.268 e. The molecule has 2 amide bonds. The van der Waals surface area contributed by atoms with Crippen LogP contribution in [0.4, 0.5) is 4.39 Å². The normalized spacial score (nSPS) is 14.7. The summed E-state index contributed by atoms with van der Waals surface area (Å²) >= 11 is 0. The van der Waals surface area contributed by atoms with Crippen molar-refractivity contribution < 1.29 is 23.8 Å². The van der Waals surface area contributed by atoms with Gasteiger partial charge in [0.15, 0.2) is 17.6 Å². The van der Waals surface area contributed by atoms with E-state index in [0.717, 1.165) is 5.56 Å². The summed E-state index contributed by atoms with van der Waals surface area (Å²) in [4.78, 5) is 42.2. The average Bonchev–Trinajstić information content (AvgIpc) is 2.79. The molecule has 0 spiro atoms. The molecule has 0 saturated carbocycles. The fourth-order valence-corrected chi connectivity index (χ4v) is 3.76. The maximum absolute atomic E-state index is 13.3. The lowest BCUT2D eigenvalue weighted by molar-refractivity contribution is -0.128. The smallest absolute Gasteiger partial charge is 0.268 e. The number of pyridine rings is 2. The van der Waals surface area contributed by atoms with Crippen LogP contribution >= 0.6 is 0 Å². The number of likely N-dealkylation sites (N-methyl/N-ethyl adjacent to an activating group) is 1. The van der Waals surface area contributed by atoms with Crippen LogP contribution in [0, 0.1) is 5.82 Å². The Morgan fingerprint density at radius 1 is 1.31 bits per heavy atom. The molecule has 1 unspecified atom stereocenters. The molecule has 32 heavy (non-hydrogen) atoms. The second-order valence-electron chi connectivity index (χ2n) is 7.33. The molecule has 1 aliphatic rings. The molecule has 0 aliphatic carbocycles. The molecule has 3 aromatic rings. The van der Waals surface area contributed by atoms with E-state index in [1.165, 1.54) is 29.9 Å². The third kappa shape index (κ3) is 3.53. The van der Waals surface area contributed by atoms with Crippen LogP contribution in [0.25, 0.3) is 11.0 Å². The first-order valence-corrected chi connectivity index (χ1v) is 10.0. The Morgan fingerprint density at radius 2 is 2.03 bits per heavy atom. The monoisotopic (exact) mass is 440 g/mol. The van der Waals surface area contributed by atoms with Gasteiger partial charge >= 0.3 is 0 Å². The molecule has 1 aromatic carbocycles. The van der Waals surface area contributed by atoms with Gasteiger partial charge in [0.2, 0.25) is 0 Å². The van der Waals surface area contributed by atoms with Gasteiger partial charge in [0.1, 0.15) is 22.4 Å². The molecule has 0 bridgehead atoms. The van der Waals surface area contributed by atoms with E-state index in [0.29, 0.717) is 12.1 Å². The quantitative estimate of drug-likeness (QED) is 0.546. The molecular weight excluding hydrogens is 419 g/mol. The molecule has 0 fully saturated rings. The van der Waals surface area contributed by atoms with Crippen molar-refractivity contribution in [2.75, 3.05) is 13.6 Å². The molecule has 166 valence electrons. The van der Waals surface area contributed by atoms with E-state index in [9.17, 15) is 23.9 Å². The minimum absolute atomic E-state index is 0.00964. The van der Waals surface area contributed by atoms with E-state index in [1.54, 1.807) is 19.1 Å². The summed E-state index contributed by atoms with van der Waals surface area (Å²) in [6.07, 6.45) is 0.704. The number of aromatic hydroxyl groups is 1. The maximum atomic E-state index is 13.3. The van der Waals surface area contributed by atoms with Crippen molar-refractivity contribution >= 4 is 22.8 Å². The van der Waals surface area contributed by atoms with Crippen molar-refractivity contribution in [1.82, 2.24) is 20.2 Å². The highest BCUT2D eigenvalue weighted by atomic mass is 19.1. The number of hydrogen-bond donors (Lipinski definition) is 3. The highest BCUT2D eigenvalue weighted by molar-refractivity contribution is 6.02. The first-order chi connectivity index (χ1) is 15.3. The summed E-state index contributed by atoms with van der Waals surface area (Å²) in [5, 5.41) is 15.7. The van der Waals surface area contributed by atoms with Gasteiger partial charge < -0.3 is 20.5 Å². The molecule has 4 rings (SSSR count). The highest BCUT2D eigenvalue weighted by Gasteiger charge is 2.34. The zero-order chi connectivity index (χ0) is 23.0. The second-order valence-corrected chi connectivity index (χ2v) is 7.33. The number of carbonyl (C=O) groups is 2. The van der Waals surface area contributed by atoms with Gasteiger partial charge in [-0.15, -0.1) is 0 Å². The van der Waals surface area contributed by atoms with Crippen molar-refractivity contribution in [2.45, 2.75) is 26.0 Å². The second kappa shape index (κ2) is 8.29. The predicted molar refractivity (Wildman–Crippen MR) is 113 cm³/mol. The standard InChI is InChI=1S/C22H21FN4O5/c1-3-25-20(29)14-10-27-17-16(18(28)15(22(27)31)21(30)24-2)26-9-12(19(17)32-14)8-11-4-6-13(23)7-5-11/h4-7,9,14,28H,3,8,10H2,1-2H3,(H,24,30)(H,25,29). The largest absolute Gasteiger partial charge is 0.505 e. The number of aromatic nitrogens is 2. The Hall–Kier alpha value is -3.95. The Labute approximate surface area is 181 Å². The van der Waals surface area contributed by atoms with E-state index in [4.69, 9.17) is 4.74 Å². The van der Waals surface area contributed by atoms with Gasteiger partial charge in [0.05, 0.1) is 6.54 Å². The van der Waals surface area contributed by atoms with Crippen LogP contribution in [-0.4, -0.2) is 46.2 Å². The Bertz CT molecular complexity index is 1290. The van der Waals surface area contributed by atoms with Gasteiger partial charge in [-0.1, -0.05) is 12.1 Å². The molecule has 1 aliphatic heterocycles. The Kier molecular flexibility index (Phi) is 5.52. The predicted octanol–water partition coefficient (Wildman–Crippen LogP) is 1.09. The lowest BCUT2D eigenvalue weighted by atomic mass is 10.0. The van der Waals surface area contributed by atoms with E-state index in [-0.39, 0.29) is 35.6 Å². The summed E-state index contributed by atoms with van der Waals surface area (Å²) < 4.78 is 20.5. The van der Waals surface area contributed by atoms with Crippen molar-refractivity contribution in [2.24, 2.45) is 0 Å². The Morgan fingerprint density at radius 3 is 2.69 bits per heavy atom. The van der Waals surface area contributed by atoms with E-state index >= 15 is 0 Å². The number of amides is 2. The number of halogens is 1. The van der Waals surface area contributed by atoms with Crippen LogP contribution in [0.3, 0.4) is 0 Å². The molecule has 2 aromatic heterocycles. The van der Waals surface area contributed by atoms with E-state index in [2.05, 4.69) is 15.6 Å². The minimum Gasteiger partial charge on any atom is -0.505 e. The molecule has 0 radical (unpaired) electrons. The Balaban J connectivity index is 1.94. The number of benzene rings is 1. The number of rotatable bonds is 5. The van der Waals surface area contributed by atoms with Gasteiger partial charge in [0, 0.05) is 31.8 Å². The summed E-state index contributed by atoms with van der Waals surface area (Å²) in [5.41, 5.74) is 0.289. The van der Waals surface area contributed by atoms with Gasteiger partial charge in [-0.25, -0.2) is 4.39 Å². The fourth-order valence-electron chi connectivity index (χ4n) is 3.76. The molecule has 9 nitrogen and oxygen atoms in total. The molecule has 10 heteroatoms. The van der Waals surface area contributed by atoms with Gasteiger partial charge in [0.25, 0.3) is 17.4 Å². The number of nitrogens with one attached hydrogen (secondary N) is 2. The number of hydrogen-bond acceptors (Lipinski definition) is 6. The van der Waals surface area contributed by atoms with Crippen LogP contribution in [0.2, 0.25) is 0 Å². The third-order valence-electron chi connectivity index (χ3n) is 5.28. The van der Waals surface area contributed by atoms with Gasteiger partial charge in [-0.3, -0.25) is 23.9 Å². The lowest BCUT2D eigenvalue weighted by Gasteiger charge is -2.29. The molecule has 0 saturated heterocycles. The summed E-state index contributed by atoms with van der Waals surface area (Å²) in [5.74, 6) is -1.91. The van der Waals surface area contributed by atoms with E-state index < -0.39 is 34.8 Å². The number of ether oxygens (including phenoxy) is 1. The van der Waals surface area contributed by atoms with Crippen molar-refractivity contribution in [3.8, 4) is 11.5 Å². The minimum atomic E-state index is -1.03. The SMILES string of the molecule is CCNC(=O)C1Cn2c(=O)c(C(=O)NC)c(O)c3ncc(Cc4ccc(F)cc4)c(c32)O1. The van der Waals surface area contributed by atoms with Gasteiger partial charge in [-0.05, 0) is 24.6 Å². The third-order valence-corrected chi connectivity index (χ3v) is 5.28. The first kappa shape index (κ1) is 21.3. The van der Waals surface area contributed by atoms with Crippen molar-refractivity contribution in [1.29, 1.82) is 0 Å². The zero-order valence-corrected chi connectivity index (χ0v) is 17.4. The van der Waals surface area contributed by atoms with Crippen LogP contribution in [0.1, 0.15) is 28.4 Å². The lowest BCUT2D eigenvalue weighted by Crippen LogP contribution is -2.46. The highest BCUT2D eigenvalue weighted by Crippen LogP contribution is 2.37. The number of nitrogens with zero attached hydrogens (tertiary/aromatic N) is 2. The van der Waals surface area contributed by atoms with Gasteiger partial charge in [-0.2, -0.15) is 0 Å².